The van der Waals surface area contributed by atoms with Gasteiger partial charge < -0.3 is 15.6 Å². The van der Waals surface area contributed by atoms with Crippen molar-refractivity contribution in [2.45, 2.75) is 6.54 Å². The SMILES string of the molecule is Cn1cnnc1CNC(=O)c1ccnc(N)c1F. The van der Waals surface area contributed by atoms with Gasteiger partial charge in [-0.1, -0.05) is 0 Å². The maximum atomic E-state index is 13.5. The van der Waals surface area contributed by atoms with Gasteiger partial charge in [0.15, 0.2) is 17.5 Å². The van der Waals surface area contributed by atoms with Crippen molar-refractivity contribution >= 4 is 11.7 Å². The Hall–Kier alpha value is -2.51. The summed E-state index contributed by atoms with van der Waals surface area (Å²) in [6, 6.07) is 1.26. The van der Waals surface area contributed by atoms with Gasteiger partial charge in [-0.25, -0.2) is 9.37 Å². The van der Waals surface area contributed by atoms with Crippen molar-refractivity contribution in [2.24, 2.45) is 7.05 Å². The Morgan fingerprint density at radius 2 is 2.39 bits per heavy atom. The monoisotopic (exact) mass is 250 g/mol. The molecule has 0 aliphatic carbocycles. The van der Waals surface area contributed by atoms with E-state index < -0.39 is 11.7 Å². The minimum absolute atomic E-state index is 0.148. The van der Waals surface area contributed by atoms with Crippen molar-refractivity contribution < 1.29 is 9.18 Å². The van der Waals surface area contributed by atoms with Crippen LogP contribution in [0.2, 0.25) is 0 Å². The largest absolute Gasteiger partial charge is 0.381 e. The third-order valence-electron chi connectivity index (χ3n) is 2.37. The molecule has 0 saturated heterocycles. The number of carbonyl (C=O) groups is 1. The van der Waals surface area contributed by atoms with Crippen molar-refractivity contribution in [3.05, 3.63) is 35.8 Å². The molecule has 0 spiro atoms. The Bertz CT molecular complexity index is 581. The summed E-state index contributed by atoms with van der Waals surface area (Å²) < 4.78 is 15.2. The number of nitrogens with one attached hydrogen (secondary N) is 1. The Kier molecular flexibility index (Phi) is 3.18. The zero-order chi connectivity index (χ0) is 13.1. The molecule has 0 aliphatic heterocycles. The number of amides is 1. The Morgan fingerprint density at radius 3 is 3.06 bits per heavy atom. The van der Waals surface area contributed by atoms with Crippen LogP contribution in [0.5, 0.6) is 0 Å². The first-order valence-electron chi connectivity index (χ1n) is 5.10. The molecule has 94 valence electrons. The van der Waals surface area contributed by atoms with Crippen LogP contribution in [0.15, 0.2) is 18.6 Å². The first-order valence-corrected chi connectivity index (χ1v) is 5.10. The van der Waals surface area contributed by atoms with Crippen molar-refractivity contribution in [3.8, 4) is 0 Å². The lowest BCUT2D eigenvalue weighted by molar-refractivity contribution is 0.0945. The van der Waals surface area contributed by atoms with Gasteiger partial charge in [0.1, 0.15) is 6.33 Å². The first-order chi connectivity index (χ1) is 8.59. The second-order valence-corrected chi connectivity index (χ2v) is 3.60. The van der Waals surface area contributed by atoms with Gasteiger partial charge in [-0.2, -0.15) is 0 Å². The lowest BCUT2D eigenvalue weighted by Crippen LogP contribution is -2.25. The number of pyridine rings is 1. The molecule has 18 heavy (non-hydrogen) atoms. The fourth-order valence-corrected chi connectivity index (χ4v) is 1.36. The van der Waals surface area contributed by atoms with Gasteiger partial charge in [0.2, 0.25) is 0 Å². The Morgan fingerprint density at radius 1 is 1.61 bits per heavy atom. The molecule has 0 aliphatic rings. The molecule has 0 bridgehead atoms. The number of nitrogens with two attached hydrogens (primary N) is 1. The summed E-state index contributed by atoms with van der Waals surface area (Å²) >= 11 is 0. The predicted molar refractivity (Wildman–Crippen MR) is 60.8 cm³/mol. The zero-order valence-electron chi connectivity index (χ0n) is 9.59. The molecule has 8 heteroatoms. The lowest BCUT2D eigenvalue weighted by Gasteiger charge is -2.06. The molecule has 0 fully saturated rings. The molecule has 0 aromatic carbocycles. The van der Waals surface area contributed by atoms with Gasteiger partial charge in [0, 0.05) is 13.2 Å². The van der Waals surface area contributed by atoms with Crippen LogP contribution >= 0.6 is 0 Å². The zero-order valence-corrected chi connectivity index (χ0v) is 9.59. The molecule has 0 radical (unpaired) electrons. The van der Waals surface area contributed by atoms with E-state index in [-0.39, 0.29) is 17.9 Å². The Labute approximate surface area is 102 Å². The normalized spacial score (nSPS) is 10.3. The van der Waals surface area contributed by atoms with Gasteiger partial charge in [-0.3, -0.25) is 4.79 Å². The maximum absolute atomic E-state index is 13.5. The summed E-state index contributed by atoms with van der Waals surface area (Å²) in [6.45, 7) is 0.150. The van der Waals surface area contributed by atoms with Gasteiger partial charge in [0.05, 0.1) is 12.1 Å². The van der Waals surface area contributed by atoms with Gasteiger partial charge in [-0.15, -0.1) is 10.2 Å². The summed E-state index contributed by atoms with van der Waals surface area (Å²) in [4.78, 5) is 15.3. The van der Waals surface area contributed by atoms with Crippen molar-refractivity contribution in [2.75, 3.05) is 5.73 Å². The fraction of sp³-hybridized carbons (Fsp3) is 0.200. The average molecular weight is 250 g/mol. The van der Waals surface area contributed by atoms with E-state index in [2.05, 4.69) is 20.5 Å². The predicted octanol–water partition coefficient (Wildman–Crippen LogP) is -0.139. The molecule has 2 rings (SSSR count). The highest BCUT2D eigenvalue weighted by Crippen LogP contribution is 2.11. The number of halogens is 1. The van der Waals surface area contributed by atoms with Crippen molar-refractivity contribution in [1.29, 1.82) is 0 Å². The number of aromatic nitrogens is 4. The van der Waals surface area contributed by atoms with E-state index in [1.54, 1.807) is 11.6 Å². The molecule has 2 heterocycles. The highest BCUT2D eigenvalue weighted by atomic mass is 19.1. The van der Waals surface area contributed by atoms with Crippen LogP contribution < -0.4 is 11.1 Å². The molecule has 0 atom stereocenters. The summed E-state index contributed by atoms with van der Waals surface area (Å²) in [6.07, 6.45) is 2.78. The topological polar surface area (TPSA) is 98.7 Å². The van der Waals surface area contributed by atoms with Crippen LogP contribution in [0.1, 0.15) is 16.2 Å². The fourth-order valence-electron chi connectivity index (χ4n) is 1.36. The lowest BCUT2D eigenvalue weighted by atomic mass is 10.2. The number of aryl methyl sites for hydroxylation is 1. The second kappa shape index (κ2) is 4.78. The van der Waals surface area contributed by atoms with E-state index in [4.69, 9.17) is 5.73 Å². The van der Waals surface area contributed by atoms with Gasteiger partial charge in [0.25, 0.3) is 5.91 Å². The molecular formula is C10H11FN6O. The number of hydrogen-bond acceptors (Lipinski definition) is 5. The van der Waals surface area contributed by atoms with Crippen LogP contribution in [0.3, 0.4) is 0 Å². The van der Waals surface area contributed by atoms with Crippen LogP contribution in [0, 0.1) is 5.82 Å². The highest BCUT2D eigenvalue weighted by Gasteiger charge is 2.14. The van der Waals surface area contributed by atoms with Crippen LogP contribution in [0.25, 0.3) is 0 Å². The molecule has 0 unspecified atom stereocenters. The second-order valence-electron chi connectivity index (χ2n) is 3.60. The van der Waals surface area contributed by atoms with E-state index >= 15 is 0 Å². The molecule has 0 saturated carbocycles. The number of nitrogen functional groups attached to an aromatic ring is 1. The van der Waals surface area contributed by atoms with E-state index in [1.165, 1.54) is 18.6 Å². The van der Waals surface area contributed by atoms with Gasteiger partial charge >= 0.3 is 0 Å². The van der Waals surface area contributed by atoms with E-state index in [0.717, 1.165) is 0 Å². The van der Waals surface area contributed by atoms with Crippen LogP contribution in [-0.4, -0.2) is 25.7 Å². The minimum Gasteiger partial charge on any atom is -0.381 e. The summed E-state index contributed by atoms with van der Waals surface area (Å²) in [5.74, 6) is -1.15. The van der Waals surface area contributed by atoms with E-state index in [1.807, 2.05) is 0 Å². The maximum Gasteiger partial charge on any atom is 0.254 e. The van der Waals surface area contributed by atoms with Crippen molar-refractivity contribution in [1.82, 2.24) is 25.1 Å². The van der Waals surface area contributed by atoms with Crippen LogP contribution in [-0.2, 0) is 13.6 Å². The third-order valence-corrected chi connectivity index (χ3v) is 2.37. The quantitative estimate of drug-likeness (QED) is 0.790. The number of carbonyl (C=O) groups excluding carboxylic acids is 1. The number of nitrogens with zero attached hydrogens (tertiary/aromatic N) is 4. The number of hydrogen-bond donors (Lipinski definition) is 2. The number of anilines is 1. The van der Waals surface area contributed by atoms with Crippen molar-refractivity contribution in [3.63, 3.8) is 0 Å². The number of rotatable bonds is 3. The molecule has 1 amide bonds. The molecule has 3 N–H and O–H groups in total. The summed E-state index contributed by atoms with van der Waals surface area (Å²) in [5.41, 5.74) is 5.13. The first kappa shape index (κ1) is 12.0. The van der Waals surface area contributed by atoms with Crippen LogP contribution in [0.4, 0.5) is 10.2 Å². The third kappa shape index (κ3) is 2.26. The molecule has 2 aromatic heterocycles. The molecular weight excluding hydrogens is 239 g/mol. The average Bonchev–Trinajstić information content (AvgIpc) is 2.75. The summed E-state index contributed by atoms with van der Waals surface area (Å²) in [5, 5.41) is 9.98. The highest BCUT2D eigenvalue weighted by molar-refractivity contribution is 5.94. The van der Waals surface area contributed by atoms with E-state index in [0.29, 0.717) is 5.82 Å². The van der Waals surface area contributed by atoms with E-state index in [9.17, 15) is 9.18 Å². The molecule has 7 nitrogen and oxygen atoms in total. The standard InChI is InChI=1S/C10H11FN6O/c1-17-5-15-16-7(17)4-14-10(18)6-2-3-13-9(12)8(6)11/h2-3,5H,4H2,1H3,(H2,12,13)(H,14,18). The minimum atomic E-state index is -0.826. The smallest absolute Gasteiger partial charge is 0.254 e. The Balaban J connectivity index is 2.09. The molecule has 2 aromatic rings. The van der Waals surface area contributed by atoms with Gasteiger partial charge in [-0.05, 0) is 6.07 Å². The summed E-state index contributed by atoms with van der Waals surface area (Å²) in [7, 11) is 1.74.